The first-order valence-electron chi connectivity index (χ1n) is 9.75. The van der Waals surface area contributed by atoms with Crippen molar-refractivity contribution in [2.75, 3.05) is 36.4 Å². The quantitative estimate of drug-likeness (QED) is 0.666. The first kappa shape index (κ1) is 20.3. The maximum absolute atomic E-state index is 13.8. The molecule has 1 aliphatic rings. The van der Waals surface area contributed by atoms with Gasteiger partial charge in [-0.25, -0.2) is 9.18 Å². The minimum Gasteiger partial charge on any atom is -0.376 e. The highest BCUT2D eigenvalue weighted by atomic mass is 35.5. The maximum Gasteiger partial charge on any atom is 0.326 e. The predicted octanol–water partition coefficient (Wildman–Crippen LogP) is 2.81. The van der Waals surface area contributed by atoms with Gasteiger partial charge in [0.2, 0.25) is 5.91 Å². The van der Waals surface area contributed by atoms with E-state index in [1.165, 1.54) is 10.6 Å². The highest BCUT2D eigenvalue weighted by Gasteiger charge is 2.27. The van der Waals surface area contributed by atoms with Gasteiger partial charge in [-0.2, -0.15) is 0 Å². The fourth-order valence-corrected chi connectivity index (χ4v) is 3.97. The SMILES string of the molecule is C[C@@H]1CN(C(=O)CNc2ccc3[nH]c(=O)n(C)c3c2)CCN1c1ccc(Cl)c(F)c1. The standard InChI is InChI=1S/C21H23ClFN5O2/c1-13-12-27(7-8-28(13)15-4-5-16(22)17(23)10-15)20(29)11-24-14-3-6-18-19(9-14)26(2)21(30)25-18/h3-6,9-10,13,24H,7-8,11-12H2,1-2H3,(H,25,30)/t13-/m1/s1. The molecule has 1 atom stereocenters. The molecule has 1 aromatic heterocycles. The van der Waals surface area contributed by atoms with Gasteiger partial charge in [0.15, 0.2) is 0 Å². The van der Waals surface area contributed by atoms with Crippen molar-refractivity contribution in [3.05, 3.63) is 57.7 Å². The van der Waals surface area contributed by atoms with Crippen LogP contribution in [0.3, 0.4) is 0 Å². The first-order chi connectivity index (χ1) is 14.3. The van der Waals surface area contributed by atoms with Crippen molar-refractivity contribution < 1.29 is 9.18 Å². The molecule has 2 N–H and O–H groups in total. The minimum absolute atomic E-state index is 0.00755. The number of fused-ring (bicyclic) bond motifs is 1. The molecular weight excluding hydrogens is 409 g/mol. The summed E-state index contributed by atoms with van der Waals surface area (Å²) in [6.07, 6.45) is 0. The maximum atomic E-state index is 13.8. The van der Waals surface area contributed by atoms with Crippen LogP contribution in [0.15, 0.2) is 41.2 Å². The predicted molar refractivity (Wildman–Crippen MR) is 117 cm³/mol. The number of halogens is 2. The molecule has 0 radical (unpaired) electrons. The molecule has 1 fully saturated rings. The Balaban J connectivity index is 1.37. The second-order valence-electron chi connectivity index (χ2n) is 7.56. The average Bonchev–Trinajstić information content (AvgIpc) is 3.01. The molecule has 3 aromatic rings. The third-order valence-corrected chi connectivity index (χ3v) is 5.87. The van der Waals surface area contributed by atoms with Crippen molar-refractivity contribution in [2.45, 2.75) is 13.0 Å². The summed E-state index contributed by atoms with van der Waals surface area (Å²) in [5.74, 6) is -0.451. The summed E-state index contributed by atoms with van der Waals surface area (Å²) in [6.45, 7) is 3.90. The molecular formula is C21H23ClFN5O2. The summed E-state index contributed by atoms with van der Waals surface area (Å²) in [4.78, 5) is 31.1. The topological polar surface area (TPSA) is 73.4 Å². The van der Waals surface area contributed by atoms with Crippen LogP contribution >= 0.6 is 11.6 Å². The lowest BCUT2D eigenvalue weighted by Gasteiger charge is -2.41. The van der Waals surface area contributed by atoms with Crippen LogP contribution in [0.2, 0.25) is 5.02 Å². The molecule has 0 aliphatic carbocycles. The summed E-state index contributed by atoms with van der Waals surface area (Å²) in [5, 5.41) is 3.24. The number of piperazine rings is 1. The van der Waals surface area contributed by atoms with E-state index >= 15 is 0 Å². The van der Waals surface area contributed by atoms with Crippen LogP contribution in [-0.2, 0) is 11.8 Å². The molecule has 0 spiro atoms. The Hall–Kier alpha value is -3.00. The van der Waals surface area contributed by atoms with Gasteiger partial charge in [-0.1, -0.05) is 11.6 Å². The van der Waals surface area contributed by atoms with Crippen molar-refractivity contribution in [3.8, 4) is 0 Å². The van der Waals surface area contributed by atoms with Crippen molar-refractivity contribution >= 4 is 39.9 Å². The number of nitrogens with zero attached hydrogens (tertiary/aromatic N) is 3. The van der Waals surface area contributed by atoms with Gasteiger partial charge in [0.25, 0.3) is 0 Å². The number of carbonyl (C=O) groups excluding carboxylic acids is 1. The van der Waals surface area contributed by atoms with Crippen molar-refractivity contribution in [1.82, 2.24) is 14.5 Å². The molecule has 4 rings (SSSR count). The third-order valence-electron chi connectivity index (χ3n) is 5.56. The van der Waals surface area contributed by atoms with Crippen LogP contribution in [0.4, 0.5) is 15.8 Å². The zero-order chi connectivity index (χ0) is 21.4. The summed E-state index contributed by atoms with van der Waals surface area (Å²) < 4.78 is 15.3. The molecule has 1 aliphatic heterocycles. The van der Waals surface area contributed by atoms with Gasteiger partial charge in [-0.05, 0) is 43.3 Å². The number of rotatable bonds is 4. The molecule has 158 valence electrons. The van der Waals surface area contributed by atoms with E-state index in [1.807, 2.05) is 30.0 Å². The van der Waals surface area contributed by atoms with Gasteiger partial charge < -0.3 is 20.1 Å². The van der Waals surface area contributed by atoms with E-state index in [0.717, 1.165) is 22.4 Å². The first-order valence-corrected chi connectivity index (χ1v) is 10.1. The number of imidazole rings is 1. The zero-order valence-electron chi connectivity index (χ0n) is 16.8. The Morgan fingerprint density at radius 3 is 2.80 bits per heavy atom. The van der Waals surface area contributed by atoms with Gasteiger partial charge in [-0.15, -0.1) is 0 Å². The van der Waals surface area contributed by atoms with Gasteiger partial charge >= 0.3 is 5.69 Å². The molecule has 7 nitrogen and oxygen atoms in total. The van der Waals surface area contributed by atoms with E-state index in [0.29, 0.717) is 19.6 Å². The highest BCUT2D eigenvalue weighted by molar-refractivity contribution is 6.30. The number of nitrogens with one attached hydrogen (secondary N) is 2. The number of amides is 1. The van der Waals surface area contributed by atoms with Crippen LogP contribution in [0.25, 0.3) is 11.0 Å². The van der Waals surface area contributed by atoms with E-state index in [-0.39, 0.29) is 29.2 Å². The Kier molecular flexibility index (Phi) is 5.42. The van der Waals surface area contributed by atoms with E-state index in [9.17, 15) is 14.0 Å². The number of aromatic nitrogens is 2. The Morgan fingerprint density at radius 1 is 1.27 bits per heavy atom. The second kappa shape index (κ2) is 8.02. The number of hydrogen-bond acceptors (Lipinski definition) is 4. The normalized spacial score (nSPS) is 16.9. The number of anilines is 2. The van der Waals surface area contributed by atoms with Gasteiger partial charge in [0.05, 0.1) is 22.6 Å². The number of benzene rings is 2. The molecule has 2 aromatic carbocycles. The van der Waals surface area contributed by atoms with Gasteiger partial charge in [-0.3, -0.25) is 9.36 Å². The van der Waals surface area contributed by atoms with Gasteiger partial charge in [0.1, 0.15) is 5.82 Å². The highest BCUT2D eigenvalue weighted by Crippen LogP contribution is 2.25. The summed E-state index contributed by atoms with van der Waals surface area (Å²) >= 11 is 5.78. The Labute approximate surface area is 178 Å². The second-order valence-corrected chi connectivity index (χ2v) is 7.96. The molecule has 2 heterocycles. The van der Waals surface area contributed by atoms with Crippen molar-refractivity contribution in [2.24, 2.45) is 7.05 Å². The van der Waals surface area contributed by atoms with E-state index in [1.54, 1.807) is 19.2 Å². The number of carbonyl (C=O) groups is 1. The van der Waals surface area contributed by atoms with Crippen LogP contribution in [-0.4, -0.2) is 52.6 Å². The fraction of sp³-hybridized carbons (Fsp3) is 0.333. The molecule has 0 bridgehead atoms. The van der Waals surface area contributed by atoms with Crippen molar-refractivity contribution in [3.63, 3.8) is 0 Å². The molecule has 0 saturated carbocycles. The molecule has 9 heteroatoms. The lowest BCUT2D eigenvalue weighted by atomic mass is 10.1. The number of H-pyrrole nitrogens is 1. The number of hydrogen-bond donors (Lipinski definition) is 2. The molecule has 1 saturated heterocycles. The smallest absolute Gasteiger partial charge is 0.326 e. The Bertz CT molecular complexity index is 1160. The Morgan fingerprint density at radius 2 is 2.07 bits per heavy atom. The zero-order valence-corrected chi connectivity index (χ0v) is 17.5. The van der Waals surface area contributed by atoms with E-state index in [2.05, 4.69) is 15.2 Å². The van der Waals surface area contributed by atoms with E-state index in [4.69, 9.17) is 11.6 Å². The van der Waals surface area contributed by atoms with E-state index < -0.39 is 5.82 Å². The average molecular weight is 432 g/mol. The number of aryl methyl sites for hydroxylation is 1. The van der Waals surface area contributed by atoms with Crippen LogP contribution < -0.4 is 15.9 Å². The molecule has 30 heavy (non-hydrogen) atoms. The minimum atomic E-state index is -0.444. The van der Waals surface area contributed by atoms with Crippen molar-refractivity contribution in [1.29, 1.82) is 0 Å². The van der Waals surface area contributed by atoms with Crippen LogP contribution in [0.1, 0.15) is 6.92 Å². The van der Waals surface area contributed by atoms with Gasteiger partial charge in [0, 0.05) is 44.1 Å². The largest absolute Gasteiger partial charge is 0.376 e. The van der Waals surface area contributed by atoms with Crippen LogP contribution in [0.5, 0.6) is 0 Å². The summed E-state index contributed by atoms with van der Waals surface area (Å²) in [7, 11) is 1.70. The lowest BCUT2D eigenvalue weighted by Crippen LogP contribution is -2.54. The molecule has 0 unspecified atom stereocenters. The molecule has 1 amide bonds. The van der Waals surface area contributed by atoms with Crippen LogP contribution in [0, 0.1) is 5.82 Å². The number of aromatic amines is 1. The monoisotopic (exact) mass is 431 g/mol. The third kappa shape index (κ3) is 3.87. The summed E-state index contributed by atoms with van der Waals surface area (Å²) in [5.41, 5.74) is 2.89. The lowest BCUT2D eigenvalue weighted by molar-refractivity contribution is -0.130. The fourth-order valence-electron chi connectivity index (χ4n) is 3.85. The summed E-state index contributed by atoms with van der Waals surface area (Å²) in [6, 6.07) is 10.3.